The van der Waals surface area contributed by atoms with Crippen LogP contribution in [0.5, 0.6) is 0 Å². The molecule has 0 spiro atoms. The van der Waals surface area contributed by atoms with E-state index >= 15 is 0 Å². The van der Waals surface area contributed by atoms with Crippen LogP contribution in [0.15, 0.2) is 0 Å². The van der Waals surface area contributed by atoms with Crippen molar-refractivity contribution in [3.63, 3.8) is 0 Å². The fourth-order valence-corrected chi connectivity index (χ4v) is 2.33. The SMILES string of the molecule is CCCCCN(C)CC(O)CN1CCNCC1. The van der Waals surface area contributed by atoms with Crippen molar-refractivity contribution in [1.29, 1.82) is 0 Å². The average molecular weight is 243 g/mol. The summed E-state index contributed by atoms with van der Waals surface area (Å²) < 4.78 is 0. The predicted octanol–water partition coefficient (Wildman–Crippen LogP) is 0.375. The number of unbranched alkanes of at least 4 members (excludes halogenated alkanes) is 2. The monoisotopic (exact) mass is 243 g/mol. The minimum Gasteiger partial charge on any atom is -0.390 e. The minimum absolute atomic E-state index is 0.209. The maximum Gasteiger partial charge on any atom is 0.0793 e. The van der Waals surface area contributed by atoms with Gasteiger partial charge in [-0.1, -0.05) is 19.8 Å². The quantitative estimate of drug-likeness (QED) is 0.604. The van der Waals surface area contributed by atoms with Crippen LogP contribution >= 0.6 is 0 Å². The van der Waals surface area contributed by atoms with Crippen molar-refractivity contribution in [1.82, 2.24) is 15.1 Å². The van der Waals surface area contributed by atoms with E-state index < -0.39 is 0 Å². The van der Waals surface area contributed by atoms with Crippen LogP contribution in [0.2, 0.25) is 0 Å². The zero-order valence-corrected chi connectivity index (χ0v) is 11.5. The van der Waals surface area contributed by atoms with Gasteiger partial charge in [-0.05, 0) is 20.0 Å². The Hall–Kier alpha value is -0.160. The lowest BCUT2D eigenvalue weighted by atomic mass is 10.2. The first kappa shape index (κ1) is 14.9. The number of nitrogens with zero attached hydrogens (tertiary/aromatic N) is 2. The van der Waals surface area contributed by atoms with Gasteiger partial charge in [-0.2, -0.15) is 0 Å². The van der Waals surface area contributed by atoms with E-state index in [4.69, 9.17) is 0 Å². The molecule has 102 valence electrons. The van der Waals surface area contributed by atoms with Crippen LogP contribution < -0.4 is 5.32 Å². The fourth-order valence-electron chi connectivity index (χ4n) is 2.33. The third-order valence-electron chi connectivity index (χ3n) is 3.34. The molecule has 0 bridgehead atoms. The lowest BCUT2D eigenvalue weighted by molar-refractivity contribution is 0.0766. The zero-order valence-electron chi connectivity index (χ0n) is 11.5. The summed E-state index contributed by atoms with van der Waals surface area (Å²) in [6.45, 7) is 9.18. The molecular weight excluding hydrogens is 214 g/mol. The van der Waals surface area contributed by atoms with E-state index in [1.807, 2.05) is 0 Å². The summed E-state index contributed by atoms with van der Waals surface area (Å²) in [5.41, 5.74) is 0. The molecule has 1 unspecified atom stereocenters. The predicted molar refractivity (Wildman–Crippen MR) is 72.3 cm³/mol. The second-order valence-corrected chi connectivity index (χ2v) is 5.17. The Kier molecular flexibility index (Phi) is 7.77. The summed E-state index contributed by atoms with van der Waals surface area (Å²) in [5.74, 6) is 0. The summed E-state index contributed by atoms with van der Waals surface area (Å²) in [6, 6.07) is 0. The molecule has 0 aromatic rings. The summed E-state index contributed by atoms with van der Waals surface area (Å²) in [5, 5.41) is 13.4. The Balaban J connectivity index is 2.07. The zero-order chi connectivity index (χ0) is 12.5. The van der Waals surface area contributed by atoms with Crippen LogP contribution in [-0.2, 0) is 0 Å². The smallest absolute Gasteiger partial charge is 0.0793 e. The summed E-state index contributed by atoms with van der Waals surface area (Å²) in [6.07, 6.45) is 3.59. The van der Waals surface area contributed by atoms with Crippen molar-refractivity contribution in [2.45, 2.75) is 32.3 Å². The van der Waals surface area contributed by atoms with Gasteiger partial charge in [-0.3, -0.25) is 4.90 Å². The normalized spacial score (nSPS) is 19.8. The molecule has 1 rings (SSSR count). The number of likely N-dealkylation sites (N-methyl/N-ethyl adjacent to an activating group) is 1. The first-order valence-electron chi connectivity index (χ1n) is 7.02. The summed E-state index contributed by atoms with van der Waals surface area (Å²) in [7, 11) is 2.11. The molecule has 0 aromatic heterocycles. The average Bonchev–Trinajstić information content (AvgIpc) is 2.30. The highest BCUT2D eigenvalue weighted by molar-refractivity contribution is 4.72. The Labute approximate surface area is 106 Å². The van der Waals surface area contributed by atoms with Gasteiger partial charge in [0.25, 0.3) is 0 Å². The molecule has 0 amide bonds. The molecule has 0 aliphatic carbocycles. The molecule has 0 radical (unpaired) electrons. The van der Waals surface area contributed by atoms with E-state index in [-0.39, 0.29) is 6.10 Å². The number of piperazine rings is 1. The van der Waals surface area contributed by atoms with Gasteiger partial charge in [-0.25, -0.2) is 0 Å². The van der Waals surface area contributed by atoms with Crippen molar-refractivity contribution in [2.75, 3.05) is 52.9 Å². The van der Waals surface area contributed by atoms with Crippen LogP contribution in [0.4, 0.5) is 0 Å². The van der Waals surface area contributed by atoms with Gasteiger partial charge in [0.2, 0.25) is 0 Å². The molecule has 0 saturated carbocycles. The van der Waals surface area contributed by atoms with Crippen molar-refractivity contribution < 1.29 is 5.11 Å². The van der Waals surface area contributed by atoms with Crippen molar-refractivity contribution >= 4 is 0 Å². The maximum absolute atomic E-state index is 10.0. The van der Waals surface area contributed by atoms with Crippen LogP contribution in [0.3, 0.4) is 0 Å². The van der Waals surface area contributed by atoms with Crippen molar-refractivity contribution in [3.05, 3.63) is 0 Å². The standard InChI is InChI=1S/C13H29N3O/c1-3-4-5-8-15(2)11-13(17)12-16-9-6-14-7-10-16/h13-14,17H,3-12H2,1-2H3. The second-order valence-electron chi connectivity index (χ2n) is 5.17. The van der Waals surface area contributed by atoms with Crippen LogP contribution in [-0.4, -0.2) is 73.9 Å². The molecule has 1 aliphatic heterocycles. The first-order valence-corrected chi connectivity index (χ1v) is 7.02. The lowest BCUT2D eigenvalue weighted by Gasteiger charge is -2.30. The van der Waals surface area contributed by atoms with Crippen molar-refractivity contribution in [3.8, 4) is 0 Å². The van der Waals surface area contributed by atoms with Gasteiger partial charge in [0.05, 0.1) is 6.10 Å². The third kappa shape index (κ3) is 6.99. The first-order chi connectivity index (χ1) is 8.22. The Morgan fingerprint density at radius 2 is 2.00 bits per heavy atom. The Morgan fingerprint density at radius 3 is 2.65 bits per heavy atom. The lowest BCUT2D eigenvalue weighted by Crippen LogP contribution is -2.48. The number of hydrogen-bond donors (Lipinski definition) is 2. The Morgan fingerprint density at radius 1 is 1.29 bits per heavy atom. The van der Waals surface area contributed by atoms with E-state index in [9.17, 15) is 5.11 Å². The highest BCUT2D eigenvalue weighted by atomic mass is 16.3. The highest BCUT2D eigenvalue weighted by Crippen LogP contribution is 2.00. The summed E-state index contributed by atoms with van der Waals surface area (Å²) in [4.78, 5) is 4.60. The summed E-state index contributed by atoms with van der Waals surface area (Å²) >= 11 is 0. The van der Waals surface area contributed by atoms with Gasteiger partial charge >= 0.3 is 0 Å². The topological polar surface area (TPSA) is 38.7 Å². The number of aliphatic hydroxyl groups is 1. The van der Waals surface area contributed by atoms with Crippen LogP contribution in [0, 0.1) is 0 Å². The third-order valence-corrected chi connectivity index (χ3v) is 3.34. The molecule has 1 saturated heterocycles. The van der Waals surface area contributed by atoms with E-state index in [0.29, 0.717) is 0 Å². The second kappa shape index (κ2) is 8.86. The van der Waals surface area contributed by atoms with Gasteiger partial charge in [0, 0.05) is 39.3 Å². The van der Waals surface area contributed by atoms with Gasteiger partial charge < -0.3 is 15.3 Å². The molecule has 1 fully saturated rings. The Bertz CT molecular complexity index is 184. The number of nitrogens with one attached hydrogen (secondary N) is 1. The molecule has 4 nitrogen and oxygen atoms in total. The molecular formula is C13H29N3O. The van der Waals surface area contributed by atoms with Gasteiger partial charge in [-0.15, -0.1) is 0 Å². The number of aliphatic hydroxyl groups excluding tert-OH is 1. The van der Waals surface area contributed by atoms with E-state index in [1.165, 1.54) is 19.3 Å². The molecule has 1 aliphatic rings. The van der Waals surface area contributed by atoms with Crippen LogP contribution in [0.25, 0.3) is 0 Å². The van der Waals surface area contributed by atoms with E-state index in [1.54, 1.807) is 0 Å². The van der Waals surface area contributed by atoms with E-state index in [2.05, 4.69) is 29.1 Å². The number of β-amino-alcohol motifs (C(OH)–C–C–N with tert-alkyl or cyclic N) is 1. The minimum atomic E-state index is -0.209. The maximum atomic E-state index is 10.0. The molecule has 17 heavy (non-hydrogen) atoms. The van der Waals surface area contributed by atoms with Gasteiger partial charge in [0.1, 0.15) is 0 Å². The highest BCUT2D eigenvalue weighted by Gasteiger charge is 2.15. The largest absolute Gasteiger partial charge is 0.390 e. The van der Waals surface area contributed by atoms with Gasteiger partial charge in [0.15, 0.2) is 0 Å². The molecule has 1 heterocycles. The molecule has 0 aromatic carbocycles. The number of hydrogen-bond acceptors (Lipinski definition) is 4. The molecule has 1 atom stereocenters. The fraction of sp³-hybridized carbons (Fsp3) is 1.00. The van der Waals surface area contributed by atoms with Crippen molar-refractivity contribution in [2.24, 2.45) is 0 Å². The number of rotatable bonds is 8. The van der Waals surface area contributed by atoms with E-state index in [0.717, 1.165) is 45.8 Å². The van der Waals surface area contributed by atoms with Crippen LogP contribution in [0.1, 0.15) is 26.2 Å². The molecule has 4 heteroatoms. The molecule has 2 N–H and O–H groups in total.